The van der Waals surface area contributed by atoms with Gasteiger partial charge in [-0.05, 0) is 59.1 Å². The summed E-state index contributed by atoms with van der Waals surface area (Å²) in [5.74, 6) is 0. The minimum atomic E-state index is 0.239. The average molecular weight is 325 g/mol. The summed E-state index contributed by atoms with van der Waals surface area (Å²) in [6.07, 6.45) is 2.32. The van der Waals surface area contributed by atoms with Crippen LogP contribution in [-0.2, 0) is 10.8 Å². The molecule has 0 nitrogen and oxygen atoms in total. The van der Waals surface area contributed by atoms with E-state index in [0.717, 1.165) is 12.8 Å². The van der Waals surface area contributed by atoms with Crippen LogP contribution >= 0.6 is 11.3 Å². The van der Waals surface area contributed by atoms with Gasteiger partial charge in [-0.1, -0.05) is 53.7 Å². The lowest BCUT2D eigenvalue weighted by molar-refractivity contribution is 0.506. The van der Waals surface area contributed by atoms with Gasteiger partial charge in [-0.15, -0.1) is 11.3 Å². The molecule has 1 aromatic heterocycles. The molecule has 122 valence electrons. The minimum Gasteiger partial charge on any atom is -0.135 e. The fourth-order valence-corrected chi connectivity index (χ4v) is 4.09. The second-order valence-corrected chi connectivity index (χ2v) is 9.08. The van der Waals surface area contributed by atoms with Crippen LogP contribution in [0.3, 0.4) is 0 Å². The maximum Gasteiger partial charge on any atom is 0.0355 e. The lowest BCUT2D eigenvalue weighted by Crippen LogP contribution is -2.15. The quantitative estimate of drug-likeness (QED) is 0.468. The van der Waals surface area contributed by atoms with Crippen LogP contribution in [0, 0.1) is 0 Å². The molecule has 0 bridgehead atoms. The van der Waals surface area contributed by atoms with Crippen molar-refractivity contribution in [2.45, 2.75) is 65.2 Å². The predicted molar refractivity (Wildman–Crippen MR) is 106 cm³/mol. The van der Waals surface area contributed by atoms with Crippen molar-refractivity contribution in [2.24, 2.45) is 0 Å². The van der Waals surface area contributed by atoms with Crippen molar-refractivity contribution in [2.75, 3.05) is 0 Å². The minimum absolute atomic E-state index is 0.239. The van der Waals surface area contributed by atoms with Gasteiger partial charge in [0.1, 0.15) is 0 Å². The Labute approximate surface area is 144 Å². The lowest BCUT2D eigenvalue weighted by atomic mass is 9.81. The van der Waals surface area contributed by atoms with Gasteiger partial charge in [-0.2, -0.15) is 0 Å². The molecule has 0 amide bonds. The van der Waals surface area contributed by atoms with Gasteiger partial charge >= 0.3 is 0 Å². The van der Waals surface area contributed by atoms with Crippen molar-refractivity contribution in [3.63, 3.8) is 0 Å². The largest absolute Gasteiger partial charge is 0.135 e. The van der Waals surface area contributed by atoms with Crippen LogP contribution in [0.25, 0.3) is 20.2 Å². The molecule has 0 aliphatic rings. The summed E-state index contributed by atoms with van der Waals surface area (Å²) >= 11 is 1.92. The van der Waals surface area contributed by atoms with Gasteiger partial charge in [-0.25, -0.2) is 0 Å². The fourth-order valence-electron chi connectivity index (χ4n) is 3.03. The number of thiophene rings is 1. The van der Waals surface area contributed by atoms with Crippen molar-refractivity contribution in [3.05, 3.63) is 47.5 Å². The first-order chi connectivity index (χ1) is 10.8. The van der Waals surface area contributed by atoms with Crippen LogP contribution in [0.4, 0.5) is 0 Å². The molecule has 0 aliphatic heterocycles. The fraction of sp³-hybridized carbons (Fsp3) is 0.455. The third-order valence-corrected chi connectivity index (χ3v) is 6.95. The van der Waals surface area contributed by atoms with Gasteiger partial charge in [0, 0.05) is 20.2 Å². The molecular weight excluding hydrogens is 296 g/mol. The van der Waals surface area contributed by atoms with Crippen molar-refractivity contribution in [1.29, 1.82) is 0 Å². The molecular formula is C22H28S. The summed E-state index contributed by atoms with van der Waals surface area (Å²) in [5, 5.41) is 2.86. The third-order valence-electron chi connectivity index (χ3n) is 5.80. The van der Waals surface area contributed by atoms with Crippen molar-refractivity contribution in [1.82, 2.24) is 0 Å². The molecule has 1 heterocycles. The second-order valence-electron chi connectivity index (χ2n) is 8.00. The van der Waals surface area contributed by atoms with Crippen LogP contribution < -0.4 is 0 Å². The van der Waals surface area contributed by atoms with Gasteiger partial charge in [0.15, 0.2) is 0 Å². The summed E-state index contributed by atoms with van der Waals surface area (Å²) in [6.45, 7) is 13.9. The zero-order chi connectivity index (χ0) is 16.8. The van der Waals surface area contributed by atoms with Crippen molar-refractivity contribution in [3.8, 4) is 0 Å². The Balaban J connectivity index is 2.25. The molecule has 0 atom stereocenters. The van der Waals surface area contributed by atoms with Crippen LogP contribution in [0.15, 0.2) is 36.4 Å². The van der Waals surface area contributed by atoms with Gasteiger partial charge in [0.05, 0.1) is 0 Å². The van der Waals surface area contributed by atoms with E-state index >= 15 is 0 Å². The molecule has 0 saturated heterocycles. The van der Waals surface area contributed by atoms with E-state index in [1.807, 2.05) is 11.3 Å². The van der Waals surface area contributed by atoms with Crippen LogP contribution in [0.5, 0.6) is 0 Å². The van der Waals surface area contributed by atoms with E-state index in [1.54, 1.807) is 0 Å². The predicted octanol–water partition coefficient (Wildman–Crippen LogP) is 7.43. The smallest absolute Gasteiger partial charge is 0.0355 e. The molecule has 3 aromatic rings. The second kappa shape index (κ2) is 5.63. The first-order valence-corrected chi connectivity index (χ1v) is 9.57. The van der Waals surface area contributed by atoms with Gasteiger partial charge < -0.3 is 0 Å². The Morgan fingerprint density at radius 3 is 1.43 bits per heavy atom. The van der Waals surface area contributed by atoms with E-state index in [0.29, 0.717) is 0 Å². The Hall–Kier alpha value is -1.34. The first kappa shape index (κ1) is 16.5. The summed E-state index contributed by atoms with van der Waals surface area (Å²) in [6, 6.07) is 14.1. The maximum atomic E-state index is 2.43. The summed E-state index contributed by atoms with van der Waals surface area (Å²) < 4.78 is 2.81. The zero-order valence-electron chi connectivity index (χ0n) is 15.3. The molecule has 0 unspecified atom stereocenters. The highest BCUT2D eigenvalue weighted by Gasteiger charge is 2.21. The molecule has 2 aromatic carbocycles. The maximum absolute atomic E-state index is 2.43. The molecule has 0 aliphatic carbocycles. The molecule has 0 spiro atoms. The van der Waals surface area contributed by atoms with E-state index in [9.17, 15) is 0 Å². The lowest BCUT2D eigenvalue weighted by Gasteiger charge is -2.24. The average Bonchev–Trinajstić information content (AvgIpc) is 2.91. The summed E-state index contributed by atoms with van der Waals surface area (Å²) in [4.78, 5) is 0. The molecule has 1 heteroatoms. The highest BCUT2D eigenvalue weighted by atomic mass is 32.1. The normalized spacial score (nSPS) is 13.1. The van der Waals surface area contributed by atoms with Crippen LogP contribution in [-0.4, -0.2) is 0 Å². The molecule has 3 rings (SSSR count). The first-order valence-electron chi connectivity index (χ1n) is 8.76. The zero-order valence-corrected chi connectivity index (χ0v) is 16.1. The van der Waals surface area contributed by atoms with E-state index in [1.165, 1.54) is 31.3 Å². The van der Waals surface area contributed by atoms with Gasteiger partial charge in [0.25, 0.3) is 0 Å². The number of benzene rings is 2. The molecule has 23 heavy (non-hydrogen) atoms. The topological polar surface area (TPSA) is 0 Å². The number of hydrogen-bond acceptors (Lipinski definition) is 1. The molecule has 0 radical (unpaired) electrons. The highest BCUT2D eigenvalue weighted by molar-refractivity contribution is 7.25. The van der Waals surface area contributed by atoms with E-state index in [4.69, 9.17) is 0 Å². The molecule has 0 N–H and O–H groups in total. The SMILES string of the molecule is CCC(C)(C)c1ccc2sc3ccc(C(C)(C)CC)cc3c2c1. The monoisotopic (exact) mass is 324 g/mol. The van der Waals surface area contributed by atoms with E-state index in [2.05, 4.69) is 77.9 Å². The summed E-state index contributed by atoms with van der Waals surface area (Å²) in [5.41, 5.74) is 3.38. The summed E-state index contributed by atoms with van der Waals surface area (Å²) in [7, 11) is 0. The van der Waals surface area contributed by atoms with Gasteiger partial charge in [0.2, 0.25) is 0 Å². The van der Waals surface area contributed by atoms with Crippen molar-refractivity contribution >= 4 is 31.5 Å². The van der Waals surface area contributed by atoms with Crippen LogP contribution in [0.1, 0.15) is 65.5 Å². The van der Waals surface area contributed by atoms with Crippen LogP contribution in [0.2, 0.25) is 0 Å². The number of hydrogen-bond donors (Lipinski definition) is 0. The Morgan fingerprint density at radius 2 is 1.09 bits per heavy atom. The standard InChI is InChI=1S/C22H28S/c1-7-21(3,4)15-9-11-19-17(13-15)18-14-16(22(5,6)8-2)10-12-20(18)23-19/h9-14H,7-8H2,1-6H3. The Bertz CT molecular complexity index is 779. The number of fused-ring (bicyclic) bond motifs is 3. The van der Waals surface area contributed by atoms with E-state index in [-0.39, 0.29) is 10.8 Å². The highest BCUT2D eigenvalue weighted by Crippen LogP contribution is 2.39. The third kappa shape index (κ3) is 2.80. The van der Waals surface area contributed by atoms with Gasteiger partial charge in [-0.3, -0.25) is 0 Å². The Kier molecular flexibility index (Phi) is 4.04. The van der Waals surface area contributed by atoms with Crippen molar-refractivity contribution < 1.29 is 0 Å². The molecule has 0 saturated carbocycles. The number of rotatable bonds is 4. The molecule has 0 fully saturated rings. The Morgan fingerprint density at radius 1 is 0.696 bits per heavy atom. The van der Waals surface area contributed by atoms with E-state index < -0.39 is 0 Å².